The quantitative estimate of drug-likeness (QED) is 0.0949. The Morgan fingerprint density at radius 1 is 1.00 bits per heavy atom. The zero-order chi connectivity index (χ0) is 30.7. The van der Waals surface area contributed by atoms with Gasteiger partial charge < -0.3 is 20.7 Å². The van der Waals surface area contributed by atoms with Gasteiger partial charge >= 0.3 is 0 Å². The van der Waals surface area contributed by atoms with Crippen molar-refractivity contribution in [2.75, 3.05) is 37.7 Å². The van der Waals surface area contributed by atoms with Gasteiger partial charge in [0.1, 0.15) is 5.82 Å². The number of anilines is 1. The molecule has 0 amide bonds. The van der Waals surface area contributed by atoms with Gasteiger partial charge in [0, 0.05) is 17.1 Å². The summed E-state index contributed by atoms with van der Waals surface area (Å²) in [5, 5.41) is 3.22. The molecule has 1 saturated carbocycles. The van der Waals surface area contributed by atoms with E-state index in [4.69, 9.17) is 0 Å². The number of allylic oxidation sites excluding steroid dienone is 3. The van der Waals surface area contributed by atoms with Gasteiger partial charge in [-0.05, 0) is 108 Å². The number of unbranched alkanes of at least 4 members (excludes halogenated alkanes) is 3. The highest BCUT2D eigenvalue weighted by molar-refractivity contribution is 8.00. The van der Waals surface area contributed by atoms with Crippen LogP contribution in [0.3, 0.4) is 0 Å². The Hall–Kier alpha value is -2.02. The number of hydrogen-bond donors (Lipinski definition) is 3. The van der Waals surface area contributed by atoms with E-state index >= 15 is 0 Å². The number of rotatable bonds is 13. The molecule has 0 unspecified atom stereocenters. The summed E-state index contributed by atoms with van der Waals surface area (Å²) in [6.45, 7) is 22.8. The molecule has 3 rings (SSSR count). The van der Waals surface area contributed by atoms with E-state index in [1.807, 2.05) is 52.0 Å². The minimum atomic E-state index is 0.706. The summed E-state index contributed by atoms with van der Waals surface area (Å²) in [6, 6.07) is 8.21. The molecule has 1 aromatic rings. The second-order valence-electron chi connectivity index (χ2n) is 9.57. The largest absolute Gasteiger partial charge is 0.340 e. The molecule has 1 aliphatic carbocycles. The van der Waals surface area contributed by atoms with E-state index in [2.05, 4.69) is 78.1 Å². The fourth-order valence-corrected chi connectivity index (χ4v) is 4.48. The highest BCUT2D eigenvalue weighted by Gasteiger charge is 2.43. The molecular formula is C34H63N5S. The molecule has 4 N–H and O–H groups in total. The van der Waals surface area contributed by atoms with Gasteiger partial charge in [0.15, 0.2) is 0 Å². The fourth-order valence-electron chi connectivity index (χ4n) is 3.87. The van der Waals surface area contributed by atoms with Crippen molar-refractivity contribution < 1.29 is 0 Å². The third-order valence-corrected chi connectivity index (χ3v) is 7.54. The van der Waals surface area contributed by atoms with Crippen LogP contribution < -0.4 is 15.8 Å². The molecule has 1 spiro atoms. The third-order valence-electron chi connectivity index (χ3n) is 6.55. The standard InChI is InChI=1S/C21H31N3S.C8H15N.2C2H6.CH5N/c1-5-7-8-9-10-11-12-21(22-4)23-18(3)19-13-15-20(16-14-19)24-25-17-6-2;1-9-6-4-8(2-3-8)5-7-9;3*1-2/h10-16,23-24H,3-9,17H2,1-2H3;2-7H2,1H3;2*1-2H3;2H2,1H3/b11-10-,21-12+;;;;. The Labute approximate surface area is 253 Å². The van der Waals surface area contributed by atoms with Gasteiger partial charge in [-0.1, -0.05) is 97.2 Å². The first-order chi connectivity index (χ1) is 19.5. The van der Waals surface area contributed by atoms with Gasteiger partial charge in [-0.3, -0.25) is 0 Å². The van der Waals surface area contributed by atoms with Crippen LogP contribution in [0.2, 0.25) is 0 Å². The lowest BCUT2D eigenvalue weighted by atomic mass is 9.94. The summed E-state index contributed by atoms with van der Waals surface area (Å²) in [5.74, 6) is 1.80. The first kappa shape index (κ1) is 40.1. The fraction of sp³-hybridized carbons (Fsp3) is 0.618. The maximum atomic E-state index is 4.50. The molecule has 1 aromatic carbocycles. The van der Waals surface area contributed by atoms with Crippen LogP contribution in [0.15, 0.2) is 59.9 Å². The Morgan fingerprint density at radius 3 is 2.10 bits per heavy atom. The van der Waals surface area contributed by atoms with Crippen molar-refractivity contribution in [3.8, 4) is 0 Å². The molecule has 0 aromatic heterocycles. The van der Waals surface area contributed by atoms with Crippen LogP contribution >= 0.6 is 11.9 Å². The molecule has 230 valence electrons. The number of benzene rings is 1. The molecule has 1 aliphatic heterocycles. The molecular weight excluding hydrogens is 510 g/mol. The second-order valence-corrected chi connectivity index (χ2v) is 10.5. The molecule has 40 heavy (non-hydrogen) atoms. The lowest BCUT2D eigenvalue weighted by Crippen LogP contribution is -2.30. The molecule has 2 fully saturated rings. The van der Waals surface area contributed by atoms with Crippen molar-refractivity contribution in [2.45, 2.75) is 99.3 Å². The summed E-state index contributed by atoms with van der Waals surface area (Å²) in [7, 11) is 3.73. The summed E-state index contributed by atoms with van der Waals surface area (Å²) in [5.41, 5.74) is 8.31. The zero-order valence-corrected chi connectivity index (χ0v) is 28.1. The average molecular weight is 574 g/mol. The zero-order valence-electron chi connectivity index (χ0n) is 27.3. The second kappa shape index (κ2) is 27.2. The number of nitrogens with zero attached hydrogens (tertiary/aromatic N) is 2. The van der Waals surface area contributed by atoms with Crippen molar-refractivity contribution in [3.63, 3.8) is 0 Å². The molecule has 0 bridgehead atoms. The van der Waals surface area contributed by atoms with Gasteiger partial charge in [-0.15, -0.1) is 0 Å². The number of likely N-dealkylation sites (tertiary alicyclic amines) is 1. The van der Waals surface area contributed by atoms with Gasteiger partial charge in [-0.25, -0.2) is 4.99 Å². The van der Waals surface area contributed by atoms with E-state index in [1.165, 1.54) is 65.1 Å². The summed E-state index contributed by atoms with van der Waals surface area (Å²) in [4.78, 5) is 6.48. The van der Waals surface area contributed by atoms with Crippen molar-refractivity contribution >= 4 is 30.0 Å². The minimum absolute atomic E-state index is 0.706. The average Bonchev–Trinajstić information content (AvgIpc) is 3.78. The third kappa shape index (κ3) is 19.1. The Bertz CT molecular complexity index is 787. The Morgan fingerprint density at radius 2 is 1.60 bits per heavy atom. The van der Waals surface area contributed by atoms with Gasteiger partial charge in [0.05, 0.1) is 0 Å². The van der Waals surface area contributed by atoms with Gasteiger partial charge in [-0.2, -0.15) is 0 Å². The molecule has 0 atom stereocenters. The topological polar surface area (TPSA) is 65.7 Å². The number of piperidine rings is 1. The van der Waals surface area contributed by atoms with E-state index in [1.54, 1.807) is 11.9 Å². The number of aliphatic imine (C=N–C) groups is 1. The SMILES string of the molecule is C=N/C(=C\C=C/CCCCC)NC(=C)c1ccc(NSCCC)cc1.CC.CC.CN.CN1CCC2(CC1)CC2. The van der Waals surface area contributed by atoms with Crippen LogP contribution in [0.5, 0.6) is 0 Å². The first-order valence-electron chi connectivity index (χ1n) is 15.6. The monoisotopic (exact) mass is 573 g/mol. The molecule has 6 heteroatoms. The number of nitrogens with one attached hydrogen (secondary N) is 2. The van der Waals surface area contributed by atoms with Crippen molar-refractivity contribution in [2.24, 2.45) is 16.1 Å². The summed E-state index contributed by atoms with van der Waals surface area (Å²) >= 11 is 1.72. The van der Waals surface area contributed by atoms with Crippen molar-refractivity contribution in [3.05, 3.63) is 60.5 Å². The minimum Gasteiger partial charge on any atom is -0.340 e. The van der Waals surface area contributed by atoms with E-state index in [9.17, 15) is 0 Å². The van der Waals surface area contributed by atoms with Crippen LogP contribution in [0.25, 0.3) is 5.70 Å². The maximum Gasteiger partial charge on any atom is 0.129 e. The van der Waals surface area contributed by atoms with E-state index in [0.29, 0.717) is 5.82 Å². The van der Waals surface area contributed by atoms with Crippen LogP contribution in [-0.4, -0.2) is 44.6 Å². The first-order valence-corrected chi connectivity index (χ1v) is 16.5. The van der Waals surface area contributed by atoms with Crippen LogP contribution in [0, 0.1) is 5.41 Å². The lowest BCUT2D eigenvalue weighted by Gasteiger charge is -2.28. The maximum absolute atomic E-state index is 4.50. The lowest BCUT2D eigenvalue weighted by molar-refractivity contribution is 0.206. The molecule has 2 aliphatic rings. The predicted octanol–water partition coefficient (Wildman–Crippen LogP) is 9.51. The Kier molecular flexibility index (Phi) is 27.2. The molecule has 0 radical (unpaired) electrons. The summed E-state index contributed by atoms with van der Waals surface area (Å²) < 4.78 is 3.33. The number of hydrogen-bond acceptors (Lipinski definition) is 6. The predicted molar refractivity (Wildman–Crippen MR) is 187 cm³/mol. The number of nitrogens with two attached hydrogens (primary N) is 1. The van der Waals surface area contributed by atoms with E-state index in [-0.39, 0.29) is 0 Å². The summed E-state index contributed by atoms with van der Waals surface area (Å²) in [6.07, 6.45) is 18.1. The van der Waals surface area contributed by atoms with Crippen LogP contribution in [0.1, 0.15) is 105 Å². The molecule has 5 nitrogen and oxygen atoms in total. The van der Waals surface area contributed by atoms with Gasteiger partial charge in [0.2, 0.25) is 0 Å². The normalized spacial score (nSPS) is 15.1. The highest BCUT2D eigenvalue weighted by Crippen LogP contribution is 2.53. The van der Waals surface area contributed by atoms with Crippen molar-refractivity contribution in [1.82, 2.24) is 10.2 Å². The van der Waals surface area contributed by atoms with E-state index in [0.717, 1.165) is 41.0 Å². The van der Waals surface area contributed by atoms with E-state index < -0.39 is 0 Å². The van der Waals surface area contributed by atoms with Crippen molar-refractivity contribution in [1.29, 1.82) is 0 Å². The highest BCUT2D eigenvalue weighted by atomic mass is 32.2. The Balaban J connectivity index is 0. The smallest absolute Gasteiger partial charge is 0.129 e. The molecule has 1 saturated heterocycles. The van der Waals surface area contributed by atoms with Crippen LogP contribution in [0.4, 0.5) is 5.69 Å². The van der Waals surface area contributed by atoms with Crippen LogP contribution in [-0.2, 0) is 0 Å². The van der Waals surface area contributed by atoms with Gasteiger partial charge in [0.25, 0.3) is 0 Å². The molecule has 1 heterocycles.